The van der Waals surface area contributed by atoms with E-state index in [4.69, 9.17) is 0 Å². The van der Waals surface area contributed by atoms with Gasteiger partial charge in [0.2, 0.25) is 0 Å². The molecule has 1 aliphatic heterocycles. The molecule has 0 aliphatic carbocycles. The van der Waals surface area contributed by atoms with Crippen molar-refractivity contribution in [2.24, 2.45) is 5.92 Å². The minimum absolute atomic E-state index is 0.166. The number of aromatic nitrogens is 1. The molecule has 0 radical (unpaired) electrons. The zero-order valence-electron chi connectivity index (χ0n) is 19.9. The summed E-state index contributed by atoms with van der Waals surface area (Å²) in [6, 6.07) is 17.0. The first-order valence-electron chi connectivity index (χ1n) is 12.0. The van der Waals surface area contributed by atoms with Gasteiger partial charge in [-0.1, -0.05) is 32.0 Å². The van der Waals surface area contributed by atoms with Crippen molar-refractivity contribution in [3.8, 4) is 0 Å². The Morgan fingerprint density at radius 1 is 1.00 bits per heavy atom. The molecule has 6 nitrogen and oxygen atoms in total. The summed E-state index contributed by atoms with van der Waals surface area (Å²) in [5, 5.41) is 5.96. The molecule has 0 saturated carbocycles. The largest absolute Gasteiger partial charge is 0.371 e. The summed E-state index contributed by atoms with van der Waals surface area (Å²) in [5.74, 6) is 0.335. The van der Waals surface area contributed by atoms with E-state index in [-0.39, 0.29) is 11.8 Å². The topological polar surface area (TPSA) is 74.3 Å². The van der Waals surface area contributed by atoms with Crippen LogP contribution in [0.4, 0.5) is 11.4 Å². The van der Waals surface area contributed by atoms with Gasteiger partial charge in [0.1, 0.15) is 0 Å². The Bertz CT molecular complexity index is 1120. The normalized spacial score (nSPS) is 14.0. The monoisotopic (exact) mass is 456 g/mol. The number of hydrogen-bond acceptors (Lipinski definition) is 4. The second-order valence-corrected chi connectivity index (χ2v) is 8.95. The maximum Gasteiger partial charge on any atom is 0.255 e. The molecule has 3 aromatic rings. The van der Waals surface area contributed by atoms with E-state index in [9.17, 15) is 9.59 Å². The van der Waals surface area contributed by atoms with Crippen molar-refractivity contribution in [1.82, 2.24) is 10.3 Å². The van der Waals surface area contributed by atoms with Crippen molar-refractivity contribution in [2.45, 2.75) is 39.7 Å². The number of nitrogens with one attached hydrogen (secondary N) is 2. The van der Waals surface area contributed by atoms with Gasteiger partial charge in [-0.15, -0.1) is 0 Å². The lowest BCUT2D eigenvalue weighted by molar-refractivity contribution is 0.0950. The highest BCUT2D eigenvalue weighted by molar-refractivity contribution is 6.06. The third kappa shape index (κ3) is 5.81. The summed E-state index contributed by atoms with van der Waals surface area (Å²) < 4.78 is 0. The number of anilines is 2. The van der Waals surface area contributed by atoms with Crippen LogP contribution in [-0.2, 0) is 13.0 Å². The molecule has 0 bridgehead atoms. The van der Waals surface area contributed by atoms with Gasteiger partial charge in [-0.25, -0.2) is 0 Å². The van der Waals surface area contributed by atoms with Crippen molar-refractivity contribution in [1.29, 1.82) is 0 Å². The van der Waals surface area contributed by atoms with E-state index in [1.165, 1.54) is 5.56 Å². The minimum atomic E-state index is -0.191. The molecule has 2 aromatic carbocycles. The lowest BCUT2D eigenvalue weighted by atomic mass is 9.97. The minimum Gasteiger partial charge on any atom is -0.371 e. The first-order valence-corrected chi connectivity index (χ1v) is 12.0. The number of pyridine rings is 1. The highest BCUT2D eigenvalue weighted by atomic mass is 16.2. The van der Waals surface area contributed by atoms with E-state index in [1.807, 2.05) is 48.5 Å². The summed E-state index contributed by atoms with van der Waals surface area (Å²) in [5.41, 5.74) is 4.78. The summed E-state index contributed by atoms with van der Waals surface area (Å²) in [6.07, 6.45) is 6.58. The second kappa shape index (κ2) is 11.0. The molecular formula is C28H32N4O2. The molecule has 0 spiro atoms. The van der Waals surface area contributed by atoms with E-state index >= 15 is 0 Å². The molecule has 176 valence electrons. The van der Waals surface area contributed by atoms with Gasteiger partial charge >= 0.3 is 0 Å². The van der Waals surface area contributed by atoms with E-state index in [0.717, 1.165) is 43.6 Å². The van der Waals surface area contributed by atoms with Crippen LogP contribution in [0.5, 0.6) is 0 Å². The number of piperidine rings is 1. The van der Waals surface area contributed by atoms with E-state index in [2.05, 4.69) is 34.4 Å². The SMILES string of the molecule is CCc1ccc(C(=O)Nc2ccc(N3CCC(C)CC3)c(C(=O)NCc3cccnc3)c2)cc1. The number of benzene rings is 2. The van der Waals surface area contributed by atoms with E-state index < -0.39 is 0 Å². The van der Waals surface area contributed by atoms with Gasteiger partial charge in [-0.2, -0.15) is 0 Å². The van der Waals surface area contributed by atoms with Crippen LogP contribution in [0.15, 0.2) is 67.0 Å². The zero-order valence-corrected chi connectivity index (χ0v) is 19.9. The maximum absolute atomic E-state index is 13.3. The third-order valence-corrected chi connectivity index (χ3v) is 6.42. The van der Waals surface area contributed by atoms with Crippen molar-refractivity contribution in [2.75, 3.05) is 23.3 Å². The Balaban J connectivity index is 1.55. The van der Waals surface area contributed by atoms with Gasteiger partial charge in [-0.05, 0) is 72.7 Å². The summed E-state index contributed by atoms with van der Waals surface area (Å²) in [6.45, 7) is 6.58. The quantitative estimate of drug-likeness (QED) is 0.521. The van der Waals surface area contributed by atoms with Crippen LogP contribution >= 0.6 is 0 Å². The second-order valence-electron chi connectivity index (χ2n) is 8.95. The molecule has 0 unspecified atom stereocenters. The molecule has 1 saturated heterocycles. The number of rotatable bonds is 7. The van der Waals surface area contributed by atoms with E-state index in [0.29, 0.717) is 29.3 Å². The average Bonchev–Trinajstić information content (AvgIpc) is 2.88. The van der Waals surface area contributed by atoms with Crippen LogP contribution in [0.2, 0.25) is 0 Å². The Labute approximate surface area is 201 Å². The number of hydrogen-bond donors (Lipinski definition) is 2. The number of nitrogens with zero attached hydrogens (tertiary/aromatic N) is 2. The Morgan fingerprint density at radius 3 is 2.44 bits per heavy atom. The van der Waals surface area contributed by atoms with Crippen molar-refractivity contribution < 1.29 is 9.59 Å². The van der Waals surface area contributed by atoms with Crippen LogP contribution in [0.25, 0.3) is 0 Å². The molecular weight excluding hydrogens is 424 g/mol. The van der Waals surface area contributed by atoms with Crippen molar-refractivity contribution >= 4 is 23.2 Å². The number of aryl methyl sites for hydroxylation is 1. The van der Waals surface area contributed by atoms with Gasteiger partial charge in [0.05, 0.1) is 5.56 Å². The van der Waals surface area contributed by atoms with Gasteiger partial charge in [0.25, 0.3) is 11.8 Å². The van der Waals surface area contributed by atoms with Gasteiger partial charge < -0.3 is 15.5 Å². The lowest BCUT2D eigenvalue weighted by Gasteiger charge is -2.33. The Kier molecular flexibility index (Phi) is 7.58. The fourth-order valence-corrected chi connectivity index (χ4v) is 4.20. The number of amides is 2. The first-order chi connectivity index (χ1) is 16.5. The molecule has 2 amide bonds. The van der Waals surface area contributed by atoms with Crippen molar-refractivity contribution in [3.63, 3.8) is 0 Å². The standard InChI is InChI=1S/C28H32N4O2/c1-3-21-6-8-23(9-7-21)27(33)31-24-10-11-26(32-15-12-20(2)13-16-32)25(17-24)28(34)30-19-22-5-4-14-29-18-22/h4-11,14,17-18,20H,3,12-13,15-16,19H2,1-2H3,(H,30,34)(H,31,33). The fourth-order valence-electron chi connectivity index (χ4n) is 4.20. The first kappa shape index (κ1) is 23.5. The predicted octanol–water partition coefficient (Wildman–Crippen LogP) is 5.06. The molecule has 2 N–H and O–H groups in total. The molecule has 1 aliphatic rings. The lowest BCUT2D eigenvalue weighted by Crippen LogP contribution is -2.35. The highest BCUT2D eigenvalue weighted by Gasteiger charge is 2.22. The molecule has 6 heteroatoms. The van der Waals surface area contributed by atoms with Gasteiger partial charge in [0, 0.05) is 49.0 Å². The Morgan fingerprint density at radius 2 is 1.76 bits per heavy atom. The van der Waals surface area contributed by atoms with Gasteiger partial charge in [-0.3, -0.25) is 14.6 Å². The summed E-state index contributed by atoms with van der Waals surface area (Å²) in [4.78, 5) is 32.4. The van der Waals surface area contributed by atoms with Crippen LogP contribution in [0.1, 0.15) is 58.5 Å². The van der Waals surface area contributed by atoms with Crippen LogP contribution < -0.4 is 15.5 Å². The molecule has 34 heavy (non-hydrogen) atoms. The van der Waals surface area contributed by atoms with Crippen LogP contribution in [0.3, 0.4) is 0 Å². The summed E-state index contributed by atoms with van der Waals surface area (Å²) >= 11 is 0. The molecule has 1 aromatic heterocycles. The Hall–Kier alpha value is -3.67. The average molecular weight is 457 g/mol. The zero-order chi connectivity index (χ0) is 23.9. The smallest absolute Gasteiger partial charge is 0.255 e. The van der Waals surface area contributed by atoms with Crippen LogP contribution in [-0.4, -0.2) is 29.9 Å². The fraction of sp³-hybridized carbons (Fsp3) is 0.321. The number of carbonyl (C=O) groups excluding carboxylic acids is 2. The molecule has 4 rings (SSSR count). The van der Waals surface area contributed by atoms with Gasteiger partial charge in [0.15, 0.2) is 0 Å². The van der Waals surface area contributed by atoms with Crippen molar-refractivity contribution in [3.05, 3.63) is 89.2 Å². The highest BCUT2D eigenvalue weighted by Crippen LogP contribution is 2.29. The summed E-state index contributed by atoms with van der Waals surface area (Å²) in [7, 11) is 0. The molecule has 2 heterocycles. The van der Waals surface area contributed by atoms with E-state index in [1.54, 1.807) is 18.5 Å². The predicted molar refractivity (Wildman–Crippen MR) is 136 cm³/mol. The number of carbonyl (C=O) groups is 2. The molecule has 0 atom stereocenters. The maximum atomic E-state index is 13.3. The molecule has 1 fully saturated rings. The van der Waals surface area contributed by atoms with Crippen LogP contribution in [0, 0.1) is 5.92 Å². The third-order valence-electron chi connectivity index (χ3n) is 6.42.